The Labute approximate surface area is 119 Å². The summed E-state index contributed by atoms with van der Waals surface area (Å²) in [4.78, 5) is 23.2. The molecule has 5 heteroatoms. The zero-order chi connectivity index (χ0) is 15.0. The Hall–Kier alpha value is -2.04. The summed E-state index contributed by atoms with van der Waals surface area (Å²) in [6.07, 6.45) is 1.79. The standard InChI is InChI=1S/C15H22N2O3/c1-3-12(4-2)17-14(18)10-20-15(19)9-11-7-5-6-8-13(11)16/h5-8,12H,3-4,9-10,16H2,1-2H3,(H,17,18). The average molecular weight is 278 g/mol. The normalized spacial score (nSPS) is 10.3. The van der Waals surface area contributed by atoms with E-state index in [9.17, 15) is 9.59 Å². The first kappa shape index (κ1) is 16.0. The Kier molecular flexibility index (Phi) is 6.56. The summed E-state index contributed by atoms with van der Waals surface area (Å²) in [5.41, 5.74) is 6.99. The fourth-order valence-electron chi connectivity index (χ4n) is 1.81. The summed E-state index contributed by atoms with van der Waals surface area (Å²) in [6, 6.07) is 7.22. The van der Waals surface area contributed by atoms with E-state index in [1.165, 1.54) is 0 Å². The van der Waals surface area contributed by atoms with E-state index in [4.69, 9.17) is 10.5 Å². The summed E-state index contributed by atoms with van der Waals surface area (Å²) in [5, 5.41) is 2.81. The number of para-hydroxylation sites is 1. The summed E-state index contributed by atoms with van der Waals surface area (Å²) >= 11 is 0. The number of carbonyl (C=O) groups is 2. The molecule has 1 aromatic carbocycles. The molecule has 0 aromatic heterocycles. The number of benzene rings is 1. The van der Waals surface area contributed by atoms with Crippen LogP contribution >= 0.6 is 0 Å². The highest BCUT2D eigenvalue weighted by molar-refractivity contribution is 5.81. The SMILES string of the molecule is CCC(CC)NC(=O)COC(=O)Cc1ccccc1N. The van der Waals surface area contributed by atoms with Crippen molar-refractivity contribution < 1.29 is 14.3 Å². The molecule has 0 fully saturated rings. The lowest BCUT2D eigenvalue weighted by Gasteiger charge is -2.14. The maximum Gasteiger partial charge on any atom is 0.310 e. The predicted octanol–water partition coefficient (Wildman–Crippen LogP) is 1.66. The van der Waals surface area contributed by atoms with E-state index < -0.39 is 5.97 Å². The molecule has 1 aromatic rings. The lowest BCUT2D eigenvalue weighted by atomic mass is 10.1. The number of nitrogen functional groups attached to an aromatic ring is 1. The van der Waals surface area contributed by atoms with Gasteiger partial charge in [-0.15, -0.1) is 0 Å². The van der Waals surface area contributed by atoms with E-state index in [0.717, 1.165) is 12.8 Å². The molecule has 20 heavy (non-hydrogen) atoms. The van der Waals surface area contributed by atoms with Crippen LogP contribution in [-0.4, -0.2) is 24.5 Å². The largest absolute Gasteiger partial charge is 0.455 e. The third kappa shape index (κ3) is 5.30. The second kappa shape index (κ2) is 8.19. The fraction of sp³-hybridized carbons (Fsp3) is 0.467. The molecule has 1 amide bonds. The maximum atomic E-state index is 11.6. The number of nitrogens with two attached hydrogens (primary N) is 1. The van der Waals surface area contributed by atoms with E-state index in [2.05, 4.69) is 5.32 Å². The molecule has 0 saturated carbocycles. The van der Waals surface area contributed by atoms with Crippen LogP contribution in [0, 0.1) is 0 Å². The van der Waals surface area contributed by atoms with Gasteiger partial charge < -0.3 is 15.8 Å². The topological polar surface area (TPSA) is 81.4 Å². The first-order chi connectivity index (χ1) is 9.56. The van der Waals surface area contributed by atoms with Gasteiger partial charge in [-0.05, 0) is 24.5 Å². The van der Waals surface area contributed by atoms with Crippen molar-refractivity contribution in [1.29, 1.82) is 0 Å². The van der Waals surface area contributed by atoms with Gasteiger partial charge in [0.2, 0.25) is 0 Å². The van der Waals surface area contributed by atoms with Gasteiger partial charge in [-0.2, -0.15) is 0 Å². The third-order valence-corrected chi connectivity index (χ3v) is 3.10. The Morgan fingerprint density at radius 1 is 1.25 bits per heavy atom. The van der Waals surface area contributed by atoms with Gasteiger partial charge in [0.25, 0.3) is 5.91 Å². The van der Waals surface area contributed by atoms with E-state index in [-0.39, 0.29) is 25.0 Å². The Bertz CT molecular complexity index is 456. The molecule has 0 unspecified atom stereocenters. The van der Waals surface area contributed by atoms with Crippen LogP contribution in [0.4, 0.5) is 5.69 Å². The molecule has 1 rings (SSSR count). The van der Waals surface area contributed by atoms with Crippen LogP contribution in [0.1, 0.15) is 32.3 Å². The molecule has 110 valence electrons. The van der Waals surface area contributed by atoms with Gasteiger partial charge in [0, 0.05) is 11.7 Å². The summed E-state index contributed by atoms with van der Waals surface area (Å²) in [5.74, 6) is -0.726. The summed E-state index contributed by atoms with van der Waals surface area (Å²) in [7, 11) is 0. The van der Waals surface area contributed by atoms with E-state index in [1.54, 1.807) is 24.3 Å². The highest BCUT2D eigenvalue weighted by Gasteiger charge is 2.12. The maximum absolute atomic E-state index is 11.6. The van der Waals surface area contributed by atoms with E-state index in [0.29, 0.717) is 11.3 Å². The lowest BCUT2D eigenvalue weighted by Crippen LogP contribution is -2.37. The Morgan fingerprint density at radius 3 is 2.50 bits per heavy atom. The number of carbonyl (C=O) groups excluding carboxylic acids is 2. The van der Waals surface area contributed by atoms with Gasteiger partial charge in [0.1, 0.15) is 0 Å². The van der Waals surface area contributed by atoms with Crippen LogP contribution < -0.4 is 11.1 Å². The summed E-state index contributed by atoms with van der Waals surface area (Å²) < 4.78 is 4.95. The molecular formula is C15H22N2O3. The quantitative estimate of drug-likeness (QED) is 0.587. The van der Waals surface area contributed by atoms with Crippen molar-refractivity contribution in [3.63, 3.8) is 0 Å². The number of esters is 1. The first-order valence-electron chi connectivity index (χ1n) is 6.85. The number of hydrogen-bond acceptors (Lipinski definition) is 4. The van der Waals surface area contributed by atoms with Crippen molar-refractivity contribution in [3.8, 4) is 0 Å². The molecule has 0 atom stereocenters. The van der Waals surface area contributed by atoms with Gasteiger partial charge >= 0.3 is 5.97 Å². The molecule has 0 aliphatic heterocycles. The van der Waals surface area contributed by atoms with Crippen LogP contribution in [-0.2, 0) is 20.7 Å². The molecule has 0 aliphatic carbocycles. The fourth-order valence-corrected chi connectivity index (χ4v) is 1.81. The van der Waals surface area contributed by atoms with Crippen molar-refractivity contribution in [2.75, 3.05) is 12.3 Å². The number of amides is 1. The molecule has 3 N–H and O–H groups in total. The molecule has 0 saturated heterocycles. The van der Waals surface area contributed by atoms with Gasteiger partial charge in [-0.25, -0.2) is 0 Å². The van der Waals surface area contributed by atoms with Gasteiger partial charge in [0.05, 0.1) is 6.42 Å². The zero-order valence-corrected chi connectivity index (χ0v) is 12.0. The van der Waals surface area contributed by atoms with Crippen LogP contribution in [0.25, 0.3) is 0 Å². The Balaban J connectivity index is 2.37. The van der Waals surface area contributed by atoms with Gasteiger partial charge in [-0.3, -0.25) is 9.59 Å². The number of hydrogen-bond donors (Lipinski definition) is 2. The monoisotopic (exact) mass is 278 g/mol. The van der Waals surface area contributed by atoms with Crippen molar-refractivity contribution in [1.82, 2.24) is 5.32 Å². The third-order valence-electron chi connectivity index (χ3n) is 3.10. The molecule has 0 bridgehead atoms. The van der Waals surface area contributed by atoms with Gasteiger partial charge in [0.15, 0.2) is 6.61 Å². The smallest absolute Gasteiger partial charge is 0.310 e. The highest BCUT2D eigenvalue weighted by atomic mass is 16.5. The molecule has 0 radical (unpaired) electrons. The molecular weight excluding hydrogens is 256 g/mol. The molecule has 0 spiro atoms. The number of rotatable bonds is 7. The lowest BCUT2D eigenvalue weighted by molar-refractivity contribution is -0.148. The molecule has 5 nitrogen and oxygen atoms in total. The minimum absolute atomic E-state index is 0.0743. The van der Waals surface area contributed by atoms with Crippen LogP contribution in [0.15, 0.2) is 24.3 Å². The molecule has 0 aliphatic rings. The minimum atomic E-state index is -0.456. The number of ether oxygens (including phenoxy) is 1. The van der Waals surface area contributed by atoms with Crippen molar-refractivity contribution in [2.45, 2.75) is 39.2 Å². The number of anilines is 1. The first-order valence-corrected chi connectivity index (χ1v) is 6.85. The van der Waals surface area contributed by atoms with Crippen molar-refractivity contribution >= 4 is 17.6 Å². The second-order valence-electron chi connectivity index (χ2n) is 4.62. The average Bonchev–Trinajstić information content (AvgIpc) is 2.45. The van der Waals surface area contributed by atoms with Gasteiger partial charge in [-0.1, -0.05) is 32.0 Å². The molecule has 0 heterocycles. The zero-order valence-electron chi connectivity index (χ0n) is 12.0. The highest BCUT2D eigenvalue weighted by Crippen LogP contribution is 2.11. The summed E-state index contributed by atoms with van der Waals surface area (Å²) in [6.45, 7) is 3.75. The second-order valence-corrected chi connectivity index (χ2v) is 4.62. The van der Waals surface area contributed by atoms with Crippen LogP contribution in [0.3, 0.4) is 0 Å². The number of nitrogens with one attached hydrogen (secondary N) is 1. The van der Waals surface area contributed by atoms with Crippen LogP contribution in [0.5, 0.6) is 0 Å². The predicted molar refractivity (Wildman–Crippen MR) is 78.0 cm³/mol. The van der Waals surface area contributed by atoms with E-state index in [1.807, 2.05) is 13.8 Å². The van der Waals surface area contributed by atoms with Crippen molar-refractivity contribution in [2.24, 2.45) is 0 Å². The van der Waals surface area contributed by atoms with Crippen LogP contribution in [0.2, 0.25) is 0 Å². The van der Waals surface area contributed by atoms with E-state index >= 15 is 0 Å². The van der Waals surface area contributed by atoms with Crippen molar-refractivity contribution in [3.05, 3.63) is 29.8 Å². The Morgan fingerprint density at radius 2 is 1.90 bits per heavy atom. The minimum Gasteiger partial charge on any atom is -0.455 e.